The molecular weight excluding hydrogens is 454 g/mol. The third kappa shape index (κ3) is 7.08. The molecule has 34 heavy (non-hydrogen) atoms. The van der Waals surface area contributed by atoms with Crippen LogP contribution in [0.1, 0.15) is 29.2 Å². The molecule has 7 nitrogen and oxygen atoms in total. The van der Waals surface area contributed by atoms with E-state index in [2.05, 4.69) is 15.8 Å². The SMILES string of the molecule is CCOc1cc(/C=N/NC(=O)C(=O)Nc2ccc(C)c(C)c2)ccc1OCc1ccc(Cl)cc1. The summed E-state index contributed by atoms with van der Waals surface area (Å²) >= 11 is 5.92. The van der Waals surface area contributed by atoms with Gasteiger partial charge < -0.3 is 14.8 Å². The Morgan fingerprint density at radius 2 is 1.68 bits per heavy atom. The van der Waals surface area contributed by atoms with Gasteiger partial charge in [-0.25, -0.2) is 5.43 Å². The molecule has 2 N–H and O–H groups in total. The molecular formula is C26H26ClN3O4. The van der Waals surface area contributed by atoms with Gasteiger partial charge in [0, 0.05) is 10.7 Å². The van der Waals surface area contributed by atoms with Crippen molar-refractivity contribution in [1.29, 1.82) is 0 Å². The van der Waals surface area contributed by atoms with E-state index in [0.717, 1.165) is 16.7 Å². The molecule has 3 rings (SSSR count). The molecule has 0 aromatic heterocycles. The summed E-state index contributed by atoms with van der Waals surface area (Å²) in [5.74, 6) is -0.561. The average Bonchev–Trinajstić information content (AvgIpc) is 2.82. The number of hydrogen-bond acceptors (Lipinski definition) is 5. The summed E-state index contributed by atoms with van der Waals surface area (Å²) in [6.45, 7) is 6.58. The second-order valence-corrected chi connectivity index (χ2v) is 7.94. The van der Waals surface area contributed by atoms with Crippen molar-refractivity contribution in [3.63, 3.8) is 0 Å². The molecule has 0 unspecified atom stereocenters. The van der Waals surface area contributed by atoms with Crippen molar-refractivity contribution in [3.05, 3.63) is 87.9 Å². The zero-order valence-electron chi connectivity index (χ0n) is 19.2. The first-order valence-electron chi connectivity index (χ1n) is 10.7. The van der Waals surface area contributed by atoms with Crippen molar-refractivity contribution in [1.82, 2.24) is 5.43 Å². The predicted molar refractivity (Wildman–Crippen MR) is 134 cm³/mol. The molecule has 0 bridgehead atoms. The zero-order chi connectivity index (χ0) is 24.5. The number of carbonyl (C=O) groups excluding carboxylic acids is 2. The molecule has 0 aliphatic carbocycles. The summed E-state index contributed by atoms with van der Waals surface area (Å²) in [5.41, 5.74) is 6.52. The number of hydrogen-bond donors (Lipinski definition) is 2. The number of hydrazone groups is 1. The second kappa shape index (κ2) is 11.9. The van der Waals surface area contributed by atoms with E-state index in [1.165, 1.54) is 6.21 Å². The van der Waals surface area contributed by atoms with E-state index in [-0.39, 0.29) is 0 Å². The van der Waals surface area contributed by atoms with E-state index < -0.39 is 11.8 Å². The molecule has 0 spiro atoms. The molecule has 0 atom stereocenters. The Balaban J connectivity index is 1.59. The summed E-state index contributed by atoms with van der Waals surface area (Å²) in [6.07, 6.45) is 1.42. The number of ether oxygens (including phenoxy) is 2. The van der Waals surface area contributed by atoms with Gasteiger partial charge in [0.25, 0.3) is 0 Å². The molecule has 3 aromatic carbocycles. The normalized spacial score (nSPS) is 10.7. The molecule has 0 fully saturated rings. The summed E-state index contributed by atoms with van der Waals surface area (Å²) < 4.78 is 11.6. The van der Waals surface area contributed by atoms with Crippen molar-refractivity contribution < 1.29 is 19.1 Å². The number of amides is 2. The quantitative estimate of drug-likeness (QED) is 0.269. The molecule has 2 amide bonds. The molecule has 3 aromatic rings. The monoisotopic (exact) mass is 479 g/mol. The first-order chi connectivity index (χ1) is 16.4. The molecule has 0 heterocycles. The minimum atomic E-state index is -0.873. The van der Waals surface area contributed by atoms with Gasteiger partial charge in [-0.15, -0.1) is 0 Å². The number of benzene rings is 3. The Morgan fingerprint density at radius 1 is 0.912 bits per heavy atom. The van der Waals surface area contributed by atoms with Crippen LogP contribution in [0.4, 0.5) is 5.69 Å². The number of rotatable bonds is 8. The fourth-order valence-corrected chi connectivity index (χ4v) is 3.08. The lowest BCUT2D eigenvalue weighted by molar-refractivity contribution is -0.136. The van der Waals surface area contributed by atoms with E-state index in [4.69, 9.17) is 21.1 Å². The van der Waals surface area contributed by atoms with Gasteiger partial charge in [0.2, 0.25) is 0 Å². The largest absolute Gasteiger partial charge is 0.490 e. The first-order valence-corrected chi connectivity index (χ1v) is 11.1. The van der Waals surface area contributed by atoms with Crippen LogP contribution < -0.4 is 20.2 Å². The minimum absolute atomic E-state index is 0.357. The van der Waals surface area contributed by atoms with E-state index in [9.17, 15) is 9.59 Å². The highest BCUT2D eigenvalue weighted by Gasteiger charge is 2.13. The van der Waals surface area contributed by atoms with Gasteiger partial charge >= 0.3 is 11.8 Å². The lowest BCUT2D eigenvalue weighted by Gasteiger charge is -2.12. The molecule has 176 valence electrons. The van der Waals surface area contributed by atoms with Gasteiger partial charge in [-0.1, -0.05) is 29.8 Å². The number of nitrogens with one attached hydrogen (secondary N) is 2. The van der Waals surface area contributed by atoms with Gasteiger partial charge in [-0.2, -0.15) is 5.10 Å². The van der Waals surface area contributed by atoms with Crippen LogP contribution in [0.15, 0.2) is 65.8 Å². The van der Waals surface area contributed by atoms with Crippen LogP contribution in [0.5, 0.6) is 11.5 Å². The lowest BCUT2D eigenvalue weighted by atomic mass is 10.1. The highest BCUT2D eigenvalue weighted by molar-refractivity contribution is 6.39. The smallest absolute Gasteiger partial charge is 0.329 e. The van der Waals surface area contributed by atoms with E-state index in [1.807, 2.05) is 39.0 Å². The number of anilines is 1. The van der Waals surface area contributed by atoms with Crippen molar-refractivity contribution in [2.75, 3.05) is 11.9 Å². The molecule has 0 aliphatic heterocycles. The van der Waals surface area contributed by atoms with Crippen LogP contribution in [-0.2, 0) is 16.2 Å². The standard InChI is InChI=1S/C26H26ClN3O4/c1-4-33-24-14-20(8-12-23(24)34-16-19-6-9-21(27)10-7-19)15-28-30-26(32)25(31)29-22-11-5-17(2)18(3)13-22/h5-15H,4,16H2,1-3H3,(H,29,31)(H,30,32)/b28-15+. The average molecular weight is 480 g/mol. The van der Waals surface area contributed by atoms with Gasteiger partial charge in [-0.3, -0.25) is 9.59 Å². The van der Waals surface area contributed by atoms with Gasteiger partial charge in [0.1, 0.15) is 6.61 Å². The predicted octanol–water partition coefficient (Wildman–Crippen LogP) is 5.02. The topological polar surface area (TPSA) is 89.0 Å². The van der Waals surface area contributed by atoms with E-state index >= 15 is 0 Å². The van der Waals surface area contributed by atoms with Crippen molar-refractivity contribution >= 4 is 35.3 Å². The van der Waals surface area contributed by atoms with E-state index in [0.29, 0.717) is 41.0 Å². The van der Waals surface area contributed by atoms with Crippen LogP contribution in [0, 0.1) is 13.8 Å². The lowest BCUT2D eigenvalue weighted by Crippen LogP contribution is -2.32. The first kappa shape index (κ1) is 24.8. The van der Waals surface area contributed by atoms with Crippen LogP contribution in [0.3, 0.4) is 0 Å². The van der Waals surface area contributed by atoms with Gasteiger partial charge in [0.15, 0.2) is 11.5 Å². The Bertz CT molecular complexity index is 1190. The fraction of sp³-hybridized carbons (Fsp3) is 0.192. The van der Waals surface area contributed by atoms with Crippen LogP contribution in [0.25, 0.3) is 0 Å². The van der Waals surface area contributed by atoms with Crippen molar-refractivity contribution in [3.8, 4) is 11.5 Å². The van der Waals surface area contributed by atoms with E-state index in [1.54, 1.807) is 42.5 Å². The third-order valence-corrected chi connectivity index (χ3v) is 5.18. The molecule has 8 heteroatoms. The maximum atomic E-state index is 12.1. The maximum Gasteiger partial charge on any atom is 0.329 e. The fourth-order valence-electron chi connectivity index (χ4n) is 2.96. The molecule has 0 radical (unpaired) electrons. The molecule has 0 saturated heterocycles. The number of nitrogens with zero attached hydrogens (tertiary/aromatic N) is 1. The summed E-state index contributed by atoms with van der Waals surface area (Å²) in [7, 11) is 0. The van der Waals surface area contributed by atoms with Gasteiger partial charge in [-0.05, 0) is 85.5 Å². The van der Waals surface area contributed by atoms with Crippen LogP contribution >= 0.6 is 11.6 Å². The van der Waals surface area contributed by atoms with Gasteiger partial charge in [0.05, 0.1) is 12.8 Å². The number of halogens is 1. The zero-order valence-corrected chi connectivity index (χ0v) is 20.0. The van der Waals surface area contributed by atoms with Crippen molar-refractivity contribution in [2.24, 2.45) is 5.10 Å². The summed E-state index contributed by atoms with van der Waals surface area (Å²) in [6, 6.07) is 18.1. The Morgan fingerprint density at radius 3 is 2.38 bits per heavy atom. The molecule has 0 saturated carbocycles. The highest BCUT2D eigenvalue weighted by atomic mass is 35.5. The Hall–Kier alpha value is -3.84. The maximum absolute atomic E-state index is 12.1. The summed E-state index contributed by atoms with van der Waals surface area (Å²) in [4.78, 5) is 24.2. The Kier molecular flexibility index (Phi) is 8.65. The second-order valence-electron chi connectivity index (χ2n) is 7.51. The Labute approximate surface area is 203 Å². The number of carbonyl (C=O) groups is 2. The number of aryl methyl sites for hydroxylation is 2. The van der Waals surface area contributed by atoms with Crippen molar-refractivity contribution in [2.45, 2.75) is 27.4 Å². The summed E-state index contributed by atoms with van der Waals surface area (Å²) in [5, 5.41) is 7.09. The third-order valence-electron chi connectivity index (χ3n) is 4.93. The minimum Gasteiger partial charge on any atom is -0.490 e. The van der Waals surface area contributed by atoms with Crippen LogP contribution in [-0.4, -0.2) is 24.6 Å². The molecule has 0 aliphatic rings. The van der Waals surface area contributed by atoms with Crippen LogP contribution in [0.2, 0.25) is 5.02 Å². The highest BCUT2D eigenvalue weighted by Crippen LogP contribution is 2.29.